The summed E-state index contributed by atoms with van der Waals surface area (Å²) in [6.07, 6.45) is 1.89. The van der Waals surface area contributed by atoms with Gasteiger partial charge in [0.2, 0.25) is 5.91 Å². The van der Waals surface area contributed by atoms with Crippen molar-refractivity contribution in [3.63, 3.8) is 0 Å². The van der Waals surface area contributed by atoms with Gasteiger partial charge in [0.05, 0.1) is 6.10 Å². The Bertz CT molecular complexity index is 488. The molecule has 1 aromatic carbocycles. The van der Waals surface area contributed by atoms with E-state index in [0.717, 1.165) is 29.7 Å². The van der Waals surface area contributed by atoms with Gasteiger partial charge >= 0.3 is 0 Å². The predicted molar refractivity (Wildman–Crippen MR) is 77.2 cm³/mol. The van der Waals surface area contributed by atoms with Crippen LogP contribution < -0.4 is 4.90 Å². The van der Waals surface area contributed by atoms with E-state index >= 15 is 0 Å². The molecular weight excluding hydrogens is 238 g/mol. The number of hydrogen-bond donors (Lipinski definition) is 1. The van der Waals surface area contributed by atoms with E-state index in [-0.39, 0.29) is 11.3 Å². The van der Waals surface area contributed by atoms with Crippen molar-refractivity contribution < 1.29 is 9.90 Å². The van der Waals surface area contributed by atoms with Gasteiger partial charge < -0.3 is 10.0 Å². The second kappa shape index (κ2) is 4.97. The van der Waals surface area contributed by atoms with Crippen LogP contribution in [0.3, 0.4) is 0 Å². The minimum Gasteiger partial charge on any atom is -0.388 e. The van der Waals surface area contributed by atoms with E-state index in [2.05, 4.69) is 6.07 Å². The van der Waals surface area contributed by atoms with Gasteiger partial charge in [-0.25, -0.2) is 0 Å². The Kier molecular flexibility index (Phi) is 3.68. The van der Waals surface area contributed by atoms with Crippen molar-refractivity contribution in [1.29, 1.82) is 0 Å². The monoisotopic (exact) mass is 261 g/mol. The van der Waals surface area contributed by atoms with Gasteiger partial charge in [0.25, 0.3) is 0 Å². The summed E-state index contributed by atoms with van der Waals surface area (Å²) < 4.78 is 0. The number of fused-ring (bicyclic) bond motifs is 1. The number of hydrogen-bond acceptors (Lipinski definition) is 2. The second-order valence-corrected chi connectivity index (χ2v) is 6.46. The quantitative estimate of drug-likeness (QED) is 0.844. The first kappa shape index (κ1) is 14.1. The molecular formula is C16H23NO2. The summed E-state index contributed by atoms with van der Waals surface area (Å²) in [5.41, 5.74) is 2.90. The summed E-state index contributed by atoms with van der Waals surface area (Å²) in [5.74, 6) is 0.169. The molecule has 1 heterocycles. The van der Waals surface area contributed by atoms with Crippen molar-refractivity contribution in [3.8, 4) is 0 Å². The Morgan fingerprint density at radius 1 is 1.26 bits per heavy atom. The molecule has 1 amide bonds. The van der Waals surface area contributed by atoms with Crippen LogP contribution in [0.15, 0.2) is 18.2 Å². The van der Waals surface area contributed by atoms with Gasteiger partial charge in [-0.1, -0.05) is 32.9 Å². The highest BCUT2D eigenvalue weighted by molar-refractivity contribution is 5.94. The van der Waals surface area contributed by atoms with E-state index in [1.54, 1.807) is 4.90 Å². The van der Waals surface area contributed by atoms with Crippen LogP contribution in [0.1, 0.15) is 50.8 Å². The van der Waals surface area contributed by atoms with Crippen LogP contribution in [0.5, 0.6) is 0 Å². The van der Waals surface area contributed by atoms with Crippen LogP contribution in [0, 0.1) is 5.41 Å². The molecule has 0 radical (unpaired) electrons. The summed E-state index contributed by atoms with van der Waals surface area (Å²) in [5, 5.41) is 10.4. The summed E-state index contributed by atoms with van der Waals surface area (Å²) in [7, 11) is 1.83. The van der Waals surface area contributed by atoms with Crippen LogP contribution in [0.2, 0.25) is 0 Å². The Hall–Kier alpha value is -1.35. The van der Waals surface area contributed by atoms with Gasteiger partial charge in [-0.3, -0.25) is 4.79 Å². The lowest BCUT2D eigenvalue weighted by Crippen LogP contribution is -2.25. The summed E-state index contributed by atoms with van der Waals surface area (Å²) >= 11 is 0. The van der Waals surface area contributed by atoms with Crippen molar-refractivity contribution in [2.45, 2.75) is 46.1 Å². The lowest BCUT2D eigenvalue weighted by molar-refractivity contribution is -0.118. The highest BCUT2D eigenvalue weighted by atomic mass is 16.3. The second-order valence-electron chi connectivity index (χ2n) is 6.46. The number of aryl methyl sites for hydroxylation is 1. The van der Waals surface area contributed by atoms with Gasteiger partial charge in [0.15, 0.2) is 0 Å². The van der Waals surface area contributed by atoms with Crippen LogP contribution >= 0.6 is 0 Å². The molecule has 3 heteroatoms. The zero-order chi connectivity index (χ0) is 14.2. The number of benzene rings is 1. The molecule has 0 saturated heterocycles. The SMILES string of the molecule is CN1C(=O)CCCc2cc(C(O)C(C)(C)C)ccc21. The van der Waals surface area contributed by atoms with Gasteiger partial charge in [-0.15, -0.1) is 0 Å². The van der Waals surface area contributed by atoms with Crippen molar-refractivity contribution in [2.75, 3.05) is 11.9 Å². The molecule has 1 aromatic rings. The zero-order valence-corrected chi connectivity index (χ0v) is 12.2. The number of carbonyl (C=O) groups excluding carboxylic acids is 1. The molecule has 3 nitrogen and oxygen atoms in total. The average Bonchev–Trinajstić information content (AvgIpc) is 2.48. The lowest BCUT2D eigenvalue weighted by atomic mass is 9.84. The predicted octanol–water partition coefficient (Wildman–Crippen LogP) is 3.07. The highest BCUT2D eigenvalue weighted by Gasteiger charge is 2.26. The first-order chi connectivity index (χ1) is 8.80. The summed E-state index contributed by atoms with van der Waals surface area (Å²) in [4.78, 5) is 13.6. The maximum Gasteiger partial charge on any atom is 0.226 e. The zero-order valence-electron chi connectivity index (χ0n) is 12.2. The van der Waals surface area contributed by atoms with E-state index in [1.807, 2.05) is 40.0 Å². The first-order valence-electron chi connectivity index (χ1n) is 6.88. The number of anilines is 1. The fraction of sp³-hybridized carbons (Fsp3) is 0.562. The number of carbonyl (C=O) groups is 1. The van der Waals surface area contributed by atoms with Gasteiger partial charge in [-0.2, -0.15) is 0 Å². The van der Waals surface area contributed by atoms with Crippen molar-refractivity contribution in [3.05, 3.63) is 29.3 Å². The maximum atomic E-state index is 11.8. The fourth-order valence-electron chi connectivity index (χ4n) is 2.54. The van der Waals surface area contributed by atoms with Gasteiger partial charge in [0, 0.05) is 19.2 Å². The Balaban J connectivity index is 2.39. The molecule has 0 bridgehead atoms. The molecule has 1 aliphatic rings. The van der Waals surface area contributed by atoms with Crippen LogP contribution in [0.25, 0.3) is 0 Å². The molecule has 0 saturated carbocycles. The number of aliphatic hydroxyl groups excluding tert-OH is 1. The molecule has 2 rings (SSSR count). The standard InChI is InChI=1S/C16H23NO2/c1-16(2,3)15(19)12-8-9-13-11(10-12)6-5-7-14(18)17(13)4/h8-10,15,19H,5-7H2,1-4H3. The minimum absolute atomic E-state index is 0.169. The third-order valence-corrected chi connectivity index (χ3v) is 3.81. The fourth-order valence-corrected chi connectivity index (χ4v) is 2.54. The molecule has 1 unspecified atom stereocenters. The van der Waals surface area contributed by atoms with E-state index < -0.39 is 6.10 Å². The summed E-state index contributed by atoms with van der Waals surface area (Å²) in [6.45, 7) is 6.08. The first-order valence-corrected chi connectivity index (χ1v) is 6.88. The van der Waals surface area contributed by atoms with Crippen molar-refractivity contribution >= 4 is 11.6 Å². The van der Waals surface area contributed by atoms with Crippen molar-refractivity contribution in [1.82, 2.24) is 0 Å². The molecule has 19 heavy (non-hydrogen) atoms. The minimum atomic E-state index is -0.484. The van der Waals surface area contributed by atoms with E-state index in [1.165, 1.54) is 0 Å². The average molecular weight is 261 g/mol. The van der Waals surface area contributed by atoms with Gasteiger partial charge in [0.1, 0.15) is 0 Å². The number of amides is 1. The van der Waals surface area contributed by atoms with Crippen LogP contribution in [-0.2, 0) is 11.2 Å². The Morgan fingerprint density at radius 2 is 1.95 bits per heavy atom. The molecule has 1 N–H and O–H groups in total. The molecule has 1 aliphatic heterocycles. The maximum absolute atomic E-state index is 11.8. The molecule has 0 aliphatic carbocycles. The number of rotatable bonds is 1. The summed E-state index contributed by atoms with van der Waals surface area (Å²) in [6, 6.07) is 5.95. The van der Waals surface area contributed by atoms with E-state index in [9.17, 15) is 9.90 Å². The normalized spacial score (nSPS) is 17.9. The van der Waals surface area contributed by atoms with E-state index in [4.69, 9.17) is 0 Å². The molecule has 104 valence electrons. The number of aliphatic hydroxyl groups is 1. The topological polar surface area (TPSA) is 40.5 Å². The van der Waals surface area contributed by atoms with Crippen LogP contribution in [0.4, 0.5) is 5.69 Å². The molecule has 1 atom stereocenters. The lowest BCUT2D eigenvalue weighted by Gasteiger charge is -2.27. The molecule has 0 spiro atoms. The Labute approximate surface area is 115 Å². The van der Waals surface area contributed by atoms with Crippen LogP contribution in [-0.4, -0.2) is 18.1 Å². The van der Waals surface area contributed by atoms with E-state index in [0.29, 0.717) is 6.42 Å². The van der Waals surface area contributed by atoms with Crippen molar-refractivity contribution in [2.24, 2.45) is 5.41 Å². The Morgan fingerprint density at radius 3 is 2.58 bits per heavy atom. The number of nitrogens with zero attached hydrogens (tertiary/aromatic N) is 1. The van der Waals surface area contributed by atoms with Gasteiger partial charge in [-0.05, 0) is 35.4 Å². The smallest absolute Gasteiger partial charge is 0.226 e. The largest absolute Gasteiger partial charge is 0.388 e. The highest BCUT2D eigenvalue weighted by Crippen LogP contribution is 2.35. The molecule has 0 aromatic heterocycles. The third-order valence-electron chi connectivity index (χ3n) is 3.81. The molecule has 0 fully saturated rings. The third kappa shape index (κ3) is 2.81.